The van der Waals surface area contributed by atoms with E-state index in [1.807, 2.05) is 32.3 Å². The van der Waals surface area contributed by atoms with Crippen molar-refractivity contribution in [1.29, 1.82) is 0 Å². The van der Waals surface area contributed by atoms with Crippen LogP contribution in [0.2, 0.25) is 0 Å². The van der Waals surface area contributed by atoms with Gasteiger partial charge < -0.3 is 5.32 Å². The number of benzene rings is 1. The van der Waals surface area contributed by atoms with Crippen molar-refractivity contribution in [1.82, 2.24) is 5.32 Å². The van der Waals surface area contributed by atoms with Crippen molar-refractivity contribution in [3.8, 4) is 0 Å². The number of hydrogen-bond acceptors (Lipinski definition) is 3. The second kappa shape index (κ2) is 7.66. The Labute approximate surface area is 72.1 Å². The van der Waals surface area contributed by atoms with E-state index in [2.05, 4.69) is 10.3 Å². The number of nitrogens with one attached hydrogen (secondary N) is 1. The average Bonchev–Trinajstić information content (AvgIpc) is 2.08. The number of carbonyl (C=O) groups excluding carboxylic acids is 1. The number of nitrogens with zero attached hydrogens (tertiary/aromatic N) is 1. The summed E-state index contributed by atoms with van der Waals surface area (Å²) in [7, 11) is 3.75. The molecule has 1 N–H and O–H groups in total. The average molecular weight is 164 g/mol. The van der Waals surface area contributed by atoms with Crippen molar-refractivity contribution in [2.24, 2.45) is 4.99 Å². The zero-order chi connectivity index (χ0) is 9.23. The summed E-state index contributed by atoms with van der Waals surface area (Å²) in [6.07, 6.45) is 1.46. The third-order valence-corrected chi connectivity index (χ3v) is 0.931. The molecule has 0 bridgehead atoms. The fourth-order valence-corrected chi connectivity index (χ4v) is 0.555. The Bertz CT molecular complexity index is 240. The predicted molar refractivity (Wildman–Crippen MR) is 49.2 cm³/mol. The maximum absolute atomic E-state index is 9.68. The third kappa shape index (κ3) is 5.35. The molecule has 0 fully saturated rings. The summed E-state index contributed by atoms with van der Waals surface area (Å²) in [5.74, 6) is 0. The van der Waals surface area contributed by atoms with Crippen molar-refractivity contribution >= 4 is 11.8 Å². The van der Waals surface area contributed by atoms with E-state index in [-0.39, 0.29) is 0 Å². The first kappa shape index (κ1) is 10.6. The van der Waals surface area contributed by atoms with E-state index < -0.39 is 0 Å². The van der Waals surface area contributed by atoms with Crippen LogP contribution >= 0.6 is 0 Å². The molecule has 1 aromatic rings. The van der Waals surface area contributed by atoms with Gasteiger partial charge in [-0.25, -0.2) is 4.79 Å². The van der Waals surface area contributed by atoms with Gasteiger partial charge in [0.25, 0.3) is 0 Å². The fourth-order valence-electron chi connectivity index (χ4n) is 0.555. The Balaban J connectivity index is 0.000000354. The van der Waals surface area contributed by atoms with E-state index in [4.69, 9.17) is 0 Å². The quantitative estimate of drug-likeness (QED) is 0.504. The molecule has 0 spiro atoms. The minimum Gasteiger partial charge on any atom is -0.323 e. The smallest absolute Gasteiger partial charge is 0.240 e. The molecule has 0 aliphatic rings. The first-order valence-electron chi connectivity index (χ1n) is 3.56. The molecule has 3 heteroatoms. The Hall–Kier alpha value is -1.44. The van der Waals surface area contributed by atoms with Gasteiger partial charge in [-0.1, -0.05) is 18.2 Å². The molecule has 0 unspecified atom stereocenters. The second-order valence-corrected chi connectivity index (χ2v) is 2.04. The van der Waals surface area contributed by atoms with E-state index in [9.17, 15) is 4.79 Å². The molecule has 0 saturated heterocycles. The van der Waals surface area contributed by atoms with Crippen molar-refractivity contribution in [3.05, 3.63) is 30.3 Å². The summed E-state index contributed by atoms with van der Waals surface area (Å²) in [6, 6.07) is 8.98. The molecular weight excluding hydrogens is 152 g/mol. The van der Waals surface area contributed by atoms with Gasteiger partial charge in [-0.3, -0.25) is 0 Å². The highest BCUT2D eigenvalue weighted by Gasteiger charge is 1.79. The lowest BCUT2D eigenvalue weighted by Crippen LogP contribution is -1.89. The molecule has 0 aromatic heterocycles. The molecule has 1 aromatic carbocycles. The zero-order valence-electron chi connectivity index (χ0n) is 7.24. The first-order chi connectivity index (χ1) is 5.85. The number of para-hydroxylation sites is 1. The van der Waals surface area contributed by atoms with Crippen LogP contribution in [-0.4, -0.2) is 20.2 Å². The standard InChI is InChI=1S/C7H5NO.C2H7N/c9-6-8-7-4-2-1-3-5-7;1-3-2/h1-5H;3H,1-2H3. The molecule has 0 aliphatic heterocycles. The predicted octanol–water partition coefficient (Wildman–Crippen LogP) is 1.49. The monoisotopic (exact) mass is 164 g/mol. The van der Waals surface area contributed by atoms with Gasteiger partial charge in [0.15, 0.2) is 0 Å². The summed E-state index contributed by atoms with van der Waals surface area (Å²) in [5.41, 5.74) is 0.646. The third-order valence-electron chi connectivity index (χ3n) is 0.931. The van der Waals surface area contributed by atoms with Gasteiger partial charge in [0.1, 0.15) is 0 Å². The van der Waals surface area contributed by atoms with Crippen molar-refractivity contribution in [3.63, 3.8) is 0 Å². The molecule has 1 rings (SSSR count). The highest BCUT2D eigenvalue weighted by molar-refractivity contribution is 5.47. The normalized spacial score (nSPS) is 7.50. The van der Waals surface area contributed by atoms with Gasteiger partial charge in [-0.05, 0) is 26.2 Å². The van der Waals surface area contributed by atoms with Crippen LogP contribution in [0.1, 0.15) is 0 Å². The number of rotatable bonds is 1. The number of isocyanates is 1. The van der Waals surface area contributed by atoms with Gasteiger partial charge >= 0.3 is 0 Å². The van der Waals surface area contributed by atoms with E-state index in [0.717, 1.165) is 0 Å². The van der Waals surface area contributed by atoms with E-state index in [1.165, 1.54) is 6.08 Å². The van der Waals surface area contributed by atoms with Crippen LogP contribution in [0.4, 0.5) is 5.69 Å². The Morgan fingerprint density at radius 2 is 1.75 bits per heavy atom. The summed E-state index contributed by atoms with van der Waals surface area (Å²) in [6.45, 7) is 0. The summed E-state index contributed by atoms with van der Waals surface area (Å²) >= 11 is 0. The van der Waals surface area contributed by atoms with Gasteiger partial charge in [0.05, 0.1) is 5.69 Å². The first-order valence-corrected chi connectivity index (χ1v) is 3.56. The van der Waals surface area contributed by atoms with Crippen molar-refractivity contribution in [2.75, 3.05) is 14.1 Å². The Morgan fingerprint density at radius 1 is 1.25 bits per heavy atom. The lowest BCUT2D eigenvalue weighted by atomic mass is 10.3. The fraction of sp³-hybridized carbons (Fsp3) is 0.222. The summed E-state index contributed by atoms with van der Waals surface area (Å²) in [4.78, 5) is 13.1. The van der Waals surface area contributed by atoms with Gasteiger partial charge in [0.2, 0.25) is 6.08 Å². The topological polar surface area (TPSA) is 41.5 Å². The van der Waals surface area contributed by atoms with Crippen molar-refractivity contribution in [2.45, 2.75) is 0 Å². The highest BCUT2D eigenvalue weighted by Crippen LogP contribution is 2.06. The maximum Gasteiger partial charge on any atom is 0.240 e. The van der Waals surface area contributed by atoms with Crippen LogP contribution < -0.4 is 5.32 Å². The Morgan fingerprint density at radius 3 is 2.17 bits per heavy atom. The molecule has 64 valence electrons. The van der Waals surface area contributed by atoms with Gasteiger partial charge in [-0.2, -0.15) is 4.99 Å². The van der Waals surface area contributed by atoms with E-state index in [1.54, 1.807) is 12.1 Å². The lowest BCUT2D eigenvalue weighted by molar-refractivity contribution is 0.565. The minimum atomic E-state index is 0.646. The molecular formula is C9H12N2O. The second-order valence-electron chi connectivity index (χ2n) is 2.04. The largest absolute Gasteiger partial charge is 0.323 e. The Kier molecular flexibility index (Phi) is 6.74. The van der Waals surface area contributed by atoms with Gasteiger partial charge in [0, 0.05) is 0 Å². The molecule has 0 amide bonds. The molecule has 0 atom stereocenters. The molecule has 12 heavy (non-hydrogen) atoms. The minimum absolute atomic E-state index is 0.646. The van der Waals surface area contributed by atoms with E-state index in [0.29, 0.717) is 5.69 Å². The molecule has 0 radical (unpaired) electrons. The lowest BCUT2D eigenvalue weighted by Gasteiger charge is -1.83. The van der Waals surface area contributed by atoms with Crippen LogP contribution in [0.15, 0.2) is 35.3 Å². The van der Waals surface area contributed by atoms with Gasteiger partial charge in [-0.15, -0.1) is 0 Å². The maximum atomic E-state index is 9.68. The summed E-state index contributed by atoms with van der Waals surface area (Å²) < 4.78 is 0. The van der Waals surface area contributed by atoms with Crippen LogP contribution in [0.5, 0.6) is 0 Å². The summed E-state index contributed by atoms with van der Waals surface area (Å²) in [5, 5.41) is 2.75. The molecule has 0 saturated carbocycles. The highest BCUT2D eigenvalue weighted by atomic mass is 16.1. The molecule has 3 nitrogen and oxygen atoms in total. The van der Waals surface area contributed by atoms with Crippen LogP contribution in [0, 0.1) is 0 Å². The molecule has 0 aliphatic carbocycles. The van der Waals surface area contributed by atoms with Crippen LogP contribution in [0.25, 0.3) is 0 Å². The van der Waals surface area contributed by atoms with Crippen LogP contribution in [0.3, 0.4) is 0 Å². The van der Waals surface area contributed by atoms with Crippen molar-refractivity contribution < 1.29 is 4.79 Å². The number of aliphatic imine (C=N–C) groups is 1. The zero-order valence-corrected chi connectivity index (χ0v) is 7.24. The van der Waals surface area contributed by atoms with E-state index >= 15 is 0 Å². The molecule has 0 heterocycles. The van der Waals surface area contributed by atoms with Crippen LogP contribution in [-0.2, 0) is 4.79 Å². The SMILES string of the molecule is CNC.O=C=Nc1ccccc1. The number of hydrogen-bond donors (Lipinski definition) is 1.